The molecule has 2 rings (SSSR count). The summed E-state index contributed by atoms with van der Waals surface area (Å²) in [4.78, 5) is 12.7. The largest absolute Gasteiger partial charge is 0.493 e. The maximum absolute atomic E-state index is 12.7. The third-order valence-electron chi connectivity index (χ3n) is 4.63. The van der Waals surface area contributed by atoms with Crippen LogP contribution in [0.3, 0.4) is 0 Å². The lowest BCUT2D eigenvalue weighted by molar-refractivity contribution is -0.146. The third kappa shape index (κ3) is 5.42. The Balaban J connectivity index is 1.98. The van der Waals surface area contributed by atoms with Crippen LogP contribution in [0.5, 0.6) is 5.75 Å². The van der Waals surface area contributed by atoms with Crippen LogP contribution in [0.2, 0.25) is 0 Å². The van der Waals surface area contributed by atoms with Crippen molar-refractivity contribution < 1.29 is 19.0 Å². The summed E-state index contributed by atoms with van der Waals surface area (Å²) in [6.07, 6.45) is 2.20. The Morgan fingerprint density at radius 1 is 1.24 bits per heavy atom. The highest BCUT2D eigenvalue weighted by Crippen LogP contribution is 2.24. The molecular formula is C19H30N2O4. The quantitative estimate of drug-likeness (QED) is 0.665. The summed E-state index contributed by atoms with van der Waals surface area (Å²) in [5.74, 6) is 0.760. The summed E-state index contributed by atoms with van der Waals surface area (Å²) in [6.45, 7) is 5.30. The highest BCUT2D eigenvalue weighted by molar-refractivity contribution is 5.85. The van der Waals surface area contributed by atoms with Gasteiger partial charge in [0.05, 0.1) is 6.61 Å². The van der Waals surface area contributed by atoms with Gasteiger partial charge in [-0.05, 0) is 44.5 Å². The van der Waals surface area contributed by atoms with E-state index in [2.05, 4.69) is 10.6 Å². The molecule has 0 unspecified atom stereocenters. The minimum absolute atomic E-state index is 0.0533. The van der Waals surface area contributed by atoms with E-state index in [0.717, 1.165) is 36.4 Å². The number of hydrogen-bond acceptors (Lipinski definition) is 5. The number of nitrogens with one attached hydrogen (secondary N) is 2. The predicted octanol–water partition coefficient (Wildman–Crippen LogP) is 1.80. The normalized spacial score (nSPS) is 16.4. The Bertz CT molecular complexity index is 556. The highest BCUT2D eigenvalue weighted by atomic mass is 16.5. The molecule has 1 heterocycles. The molecule has 0 saturated carbocycles. The zero-order chi connectivity index (χ0) is 18.1. The first kappa shape index (κ1) is 19.7. The molecule has 140 valence electrons. The molecule has 2 N–H and O–H groups in total. The van der Waals surface area contributed by atoms with Crippen LogP contribution in [0.15, 0.2) is 18.2 Å². The first-order chi connectivity index (χ1) is 12.1. The van der Waals surface area contributed by atoms with Gasteiger partial charge >= 0.3 is 0 Å². The fraction of sp³-hybridized carbons (Fsp3) is 0.632. The monoisotopic (exact) mass is 350 g/mol. The molecule has 1 aromatic rings. The molecule has 0 spiro atoms. The Morgan fingerprint density at radius 2 is 2.00 bits per heavy atom. The fourth-order valence-corrected chi connectivity index (χ4v) is 3.02. The van der Waals surface area contributed by atoms with Gasteiger partial charge in [-0.2, -0.15) is 0 Å². The van der Waals surface area contributed by atoms with E-state index < -0.39 is 5.60 Å². The number of carbonyl (C=O) groups excluding carboxylic acids is 1. The molecule has 1 amide bonds. The van der Waals surface area contributed by atoms with Crippen molar-refractivity contribution in [2.45, 2.75) is 38.3 Å². The van der Waals surface area contributed by atoms with Crippen LogP contribution < -0.4 is 15.4 Å². The SMILES string of the molecule is COCCCOc1cc(C)ccc1CNC(=O)C1(OC)CCNCC1. The van der Waals surface area contributed by atoms with Crippen LogP contribution in [0.1, 0.15) is 30.4 Å². The number of rotatable bonds is 9. The maximum Gasteiger partial charge on any atom is 0.252 e. The molecule has 1 aliphatic heterocycles. The zero-order valence-electron chi connectivity index (χ0n) is 15.5. The number of amides is 1. The van der Waals surface area contributed by atoms with Crippen LogP contribution in [0.25, 0.3) is 0 Å². The van der Waals surface area contributed by atoms with Crippen molar-refractivity contribution in [1.82, 2.24) is 10.6 Å². The minimum atomic E-state index is -0.727. The van der Waals surface area contributed by atoms with Gasteiger partial charge in [0, 0.05) is 39.4 Å². The summed E-state index contributed by atoms with van der Waals surface area (Å²) in [6, 6.07) is 6.04. The van der Waals surface area contributed by atoms with Crippen molar-refractivity contribution in [1.29, 1.82) is 0 Å². The second-order valence-electron chi connectivity index (χ2n) is 6.44. The zero-order valence-corrected chi connectivity index (χ0v) is 15.5. The lowest BCUT2D eigenvalue weighted by atomic mass is 9.91. The van der Waals surface area contributed by atoms with Gasteiger partial charge in [-0.3, -0.25) is 4.79 Å². The molecule has 6 heteroatoms. The molecule has 0 atom stereocenters. The van der Waals surface area contributed by atoms with E-state index in [1.165, 1.54) is 0 Å². The number of ether oxygens (including phenoxy) is 3. The van der Waals surface area contributed by atoms with Crippen LogP contribution in [-0.4, -0.2) is 52.0 Å². The molecule has 0 bridgehead atoms. The van der Waals surface area contributed by atoms with E-state index in [-0.39, 0.29) is 5.91 Å². The number of methoxy groups -OCH3 is 2. The van der Waals surface area contributed by atoms with E-state index in [4.69, 9.17) is 14.2 Å². The predicted molar refractivity (Wildman–Crippen MR) is 96.9 cm³/mol. The van der Waals surface area contributed by atoms with Crippen LogP contribution in [0.4, 0.5) is 0 Å². The summed E-state index contributed by atoms with van der Waals surface area (Å²) in [5.41, 5.74) is 1.37. The van der Waals surface area contributed by atoms with Gasteiger partial charge < -0.3 is 24.8 Å². The smallest absolute Gasteiger partial charge is 0.252 e. The second-order valence-corrected chi connectivity index (χ2v) is 6.44. The molecule has 25 heavy (non-hydrogen) atoms. The van der Waals surface area contributed by atoms with Gasteiger partial charge in [-0.15, -0.1) is 0 Å². The van der Waals surface area contributed by atoms with Crippen molar-refractivity contribution in [2.24, 2.45) is 0 Å². The van der Waals surface area contributed by atoms with Crippen LogP contribution in [-0.2, 0) is 20.8 Å². The average Bonchev–Trinajstić information content (AvgIpc) is 2.64. The van der Waals surface area contributed by atoms with E-state index in [1.54, 1.807) is 14.2 Å². The lowest BCUT2D eigenvalue weighted by Crippen LogP contribution is -2.53. The molecule has 1 saturated heterocycles. The first-order valence-electron chi connectivity index (χ1n) is 8.87. The topological polar surface area (TPSA) is 68.8 Å². The van der Waals surface area contributed by atoms with Crippen molar-refractivity contribution in [3.8, 4) is 5.75 Å². The number of benzene rings is 1. The lowest BCUT2D eigenvalue weighted by Gasteiger charge is -2.34. The van der Waals surface area contributed by atoms with E-state index >= 15 is 0 Å². The minimum Gasteiger partial charge on any atom is -0.493 e. The maximum atomic E-state index is 12.7. The van der Waals surface area contributed by atoms with Gasteiger partial charge in [-0.1, -0.05) is 12.1 Å². The molecule has 1 aliphatic rings. The van der Waals surface area contributed by atoms with Crippen LogP contribution in [0, 0.1) is 6.92 Å². The van der Waals surface area contributed by atoms with E-state index in [9.17, 15) is 4.79 Å². The average molecular weight is 350 g/mol. The van der Waals surface area contributed by atoms with Gasteiger partial charge in [0.25, 0.3) is 5.91 Å². The molecule has 1 fully saturated rings. The van der Waals surface area contributed by atoms with Gasteiger partial charge in [-0.25, -0.2) is 0 Å². The Labute approximate surface area is 150 Å². The van der Waals surface area contributed by atoms with Crippen molar-refractivity contribution in [3.63, 3.8) is 0 Å². The molecular weight excluding hydrogens is 320 g/mol. The Kier molecular flexibility index (Phi) is 7.68. The summed E-state index contributed by atoms with van der Waals surface area (Å²) < 4.78 is 16.5. The fourth-order valence-electron chi connectivity index (χ4n) is 3.02. The molecule has 1 aromatic carbocycles. The first-order valence-corrected chi connectivity index (χ1v) is 8.87. The second kappa shape index (κ2) is 9.75. The Morgan fingerprint density at radius 3 is 2.68 bits per heavy atom. The van der Waals surface area contributed by atoms with Crippen molar-refractivity contribution in [3.05, 3.63) is 29.3 Å². The molecule has 0 aromatic heterocycles. The van der Waals surface area contributed by atoms with Crippen molar-refractivity contribution >= 4 is 5.91 Å². The van der Waals surface area contributed by atoms with E-state index in [0.29, 0.717) is 32.6 Å². The number of piperidine rings is 1. The standard InChI is InChI=1S/C19H30N2O4/c1-15-5-6-16(17(13-15)25-12-4-11-23-2)14-21-18(22)19(24-3)7-9-20-10-8-19/h5-6,13,20H,4,7-12,14H2,1-3H3,(H,21,22). The van der Waals surface area contributed by atoms with Gasteiger partial charge in [0.1, 0.15) is 11.4 Å². The molecule has 0 radical (unpaired) electrons. The summed E-state index contributed by atoms with van der Waals surface area (Å²) in [5, 5.41) is 6.29. The van der Waals surface area contributed by atoms with Gasteiger partial charge in [0.2, 0.25) is 0 Å². The Hall–Kier alpha value is -1.63. The number of hydrogen-bond donors (Lipinski definition) is 2. The molecule has 0 aliphatic carbocycles. The number of carbonyl (C=O) groups is 1. The van der Waals surface area contributed by atoms with Crippen molar-refractivity contribution in [2.75, 3.05) is 40.5 Å². The summed E-state index contributed by atoms with van der Waals surface area (Å²) >= 11 is 0. The van der Waals surface area contributed by atoms with E-state index in [1.807, 2.05) is 25.1 Å². The summed E-state index contributed by atoms with van der Waals surface area (Å²) in [7, 11) is 3.29. The number of aryl methyl sites for hydroxylation is 1. The van der Waals surface area contributed by atoms with Gasteiger partial charge in [0.15, 0.2) is 0 Å². The third-order valence-corrected chi connectivity index (χ3v) is 4.63. The highest BCUT2D eigenvalue weighted by Gasteiger charge is 2.39. The van der Waals surface area contributed by atoms with Crippen LogP contribution >= 0.6 is 0 Å². The molecule has 6 nitrogen and oxygen atoms in total.